The van der Waals surface area contributed by atoms with Crippen LogP contribution >= 0.6 is 22.9 Å². The lowest BCUT2D eigenvalue weighted by atomic mass is 9.98. The first-order chi connectivity index (χ1) is 12.9. The number of benzene rings is 1. The molecule has 1 saturated heterocycles. The van der Waals surface area contributed by atoms with Crippen LogP contribution in [0.3, 0.4) is 0 Å². The molecular formula is C19H18ClN3O3S. The van der Waals surface area contributed by atoms with Gasteiger partial charge in [0.2, 0.25) is 11.8 Å². The third-order valence-electron chi connectivity index (χ3n) is 5.14. The van der Waals surface area contributed by atoms with Gasteiger partial charge in [-0.25, -0.2) is 0 Å². The van der Waals surface area contributed by atoms with E-state index in [1.807, 2.05) is 19.1 Å². The Morgan fingerprint density at radius 1 is 1.26 bits per heavy atom. The summed E-state index contributed by atoms with van der Waals surface area (Å²) >= 11 is 7.31. The molecule has 1 unspecified atom stereocenters. The summed E-state index contributed by atoms with van der Waals surface area (Å²) < 4.78 is 0.662. The third kappa shape index (κ3) is 3.00. The van der Waals surface area contributed by atoms with Crippen LogP contribution in [0.15, 0.2) is 36.4 Å². The van der Waals surface area contributed by atoms with Crippen LogP contribution in [0.2, 0.25) is 4.34 Å². The second-order valence-corrected chi connectivity index (χ2v) is 8.64. The molecule has 3 heterocycles. The van der Waals surface area contributed by atoms with Crippen molar-refractivity contribution in [2.45, 2.75) is 32.0 Å². The van der Waals surface area contributed by atoms with Crippen molar-refractivity contribution >= 4 is 46.3 Å². The lowest BCUT2D eigenvalue weighted by Crippen LogP contribution is -2.63. The third-order valence-corrected chi connectivity index (χ3v) is 6.37. The Labute approximate surface area is 165 Å². The van der Waals surface area contributed by atoms with Crippen LogP contribution < -0.4 is 10.2 Å². The summed E-state index contributed by atoms with van der Waals surface area (Å²) in [6.45, 7) is 2.10. The van der Waals surface area contributed by atoms with Gasteiger partial charge in [-0.2, -0.15) is 0 Å². The van der Waals surface area contributed by atoms with E-state index >= 15 is 0 Å². The van der Waals surface area contributed by atoms with Crippen LogP contribution in [-0.4, -0.2) is 34.8 Å². The summed E-state index contributed by atoms with van der Waals surface area (Å²) in [4.78, 5) is 42.2. The lowest BCUT2D eigenvalue weighted by Gasteiger charge is -2.48. The molecule has 4 rings (SSSR count). The summed E-state index contributed by atoms with van der Waals surface area (Å²) in [5.41, 5.74) is 0.243. The van der Waals surface area contributed by atoms with Gasteiger partial charge in [-0.05, 0) is 37.6 Å². The Kier molecular flexibility index (Phi) is 4.44. The molecule has 2 aromatic rings. The predicted octanol–water partition coefficient (Wildman–Crippen LogP) is 3.02. The van der Waals surface area contributed by atoms with Crippen LogP contribution in [0.25, 0.3) is 0 Å². The number of anilines is 1. The van der Waals surface area contributed by atoms with Crippen LogP contribution in [-0.2, 0) is 16.1 Å². The molecule has 1 aromatic heterocycles. The molecule has 0 spiro atoms. The molecule has 1 fully saturated rings. The van der Waals surface area contributed by atoms with Crippen molar-refractivity contribution in [3.63, 3.8) is 0 Å². The van der Waals surface area contributed by atoms with Crippen molar-refractivity contribution in [1.29, 1.82) is 0 Å². The fraction of sp³-hybridized carbons (Fsp3) is 0.316. The molecule has 0 bridgehead atoms. The smallest absolute Gasteiger partial charge is 0.258 e. The fourth-order valence-corrected chi connectivity index (χ4v) is 4.80. The quantitative estimate of drug-likeness (QED) is 0.853. The van der Waals surface area contributed by atoms with Crippen LogP contribution in [0.1, 0.15) is 35.0 Å². The normalized spacial score (nSPS) is 21.3. The zero-order valence-electron chi connectivity index (χ0n) is 14.7. The molecule has 1 N–H and O–H groups in total. The highest BCUT2D eigenvalue weighted by atomic mass is 35.5. The van der Waals surface area contributed by atoms with Gasteiger partial charge in [-0.1, -0.05) is 23.7 Å². The highest BCUT2D eigenvalue weighted by molar-refractivity contribution is 7.16. The number of amides is 3. The SMILES string of the molecule is CC12CCC(=O)N1c1ccccc1C(=O)N2CC(=O)NCc1ccc(Cl)s1. The van der Waals surface area contributed by atoms with E-state index in [0.717, 1.165) is 4.88 Å². The van der Waals surface area contributed by atoms with E-state index in [1.165, 1.54) is 16.2 Å². The number of nitrogens with one attached hydrogen (secondary N) is 1. The minimum Gasteiger partial charge on any atom is -0.350 e. The van der Waals surface area contributed by atoms with Crippen molar-refractivity contribution in [3.05, 3.63) is 51.2 Å². The van der Waals surface area contributed by atoms with Gasteiger partial charge < -0.3 is 10.2 Å². The minimum absolute atomic E-state index is 0.0314. The summed E-state index contributed by atoms with van der Waals surface area (Å²) in [6, 6.07) is 10.7. The van der Waals surface area contributed by atoms with Gasteiger partial charge in [0.25, 0.3) is 5.91 Å². The first kappa shape index (κ1) is 18.0. The van der Waals surface area contributed by atoms with Gasteiger partial charge in [-0.15, -0.1) is 11.3 Å². The van der Waals surface area contributed by atoms with Gasteiger partial charge in [-0.3, -0.25) is 19.3 Å². The number of thiophene rings is 1. The molecule has 2 aliphatic heterocycles. The molecular weight excluding hydrogens is 386 g/mol. The number of rotatable bonds is 4. The summed E-state index contributed by atoms with van der Waals surface area (Å²) in [7, 11) is 0. The minimum atomic E-state index is -0.827. The van der Waals surface area contributed by atoms with Crippen molar-refractivity contribution in [2.24, 2.45) is 0 Å². The maximum Gasteiger partial charge on any atom is 0.258 e. The van der Waals surface area contributed by atoms with Crippen molar-refractivity contribution < 1.29 is 14.4 Å². The number of fused-ring (bicyclic) bond motifs is 3. The first-order valence-corrected chi connectivity index (χ1v) is 9.84. The number of para-hydroxylation sites is 1. The van der Waals surface area contributed by atoms with E-state index in [2.05, 4.69) is 5.32 Å². The summed E-state index contributed by atoms with van der Waals surface area (Å²) in [5, 5.41) is 2.83. The average Bonchev–Trinajstić information content (AvgIpc) is 3.20. The van der Waals surface area contributed by atoms with Gasteiger partial charge >= 0.3 is 0 Å². The monoisotopic (exact) mass is 403 g/mol. The first-order valence-electron chi connectivity index (χ1n) is 8.65. The van der Waals surface area contributed by atoms with E-state index in [1.54, 1.807) is 29.2 Å². The zero-order valence-corrected chi connectivity index (χ0v) is 16.3. The Hall–Kier alpha value is -2.38. The largest absolute Gasteiger partial charge is 0.350 e. The maximum absolute atomic E-state index is 13.1. The standard InChI is InChI=1S/C19H18ClN3O3S/c1-19-9-8-17(25)23(19)14-5-3-2-4-13(14)18(26)22(19)11-16(24)21-10-12-6-7-15(20)27-12/h2-7H,8-11H2,1H3,(H,21,24). The molecule has 0 saturated carbocycles. The van der Waals surface area contributed by atoms with E-state index in [4.69, 9.17) is 11.6 Å². The van der Waals surface area contributed by atoms with E-state index < -0.39 is 5.66 Å². The number of hydrogen-bond donors (Lipinski definition) is 1. The molecule has 2 aliphatic rings. The van der Waals surface area contributed by atoms with E-state index in [0.29, 0.717) is 35.0 Å². The van der Waals surface area contributed by atoms with Crippen molar-refractivity contribution in [2.75, 3.05) is 11.4 Å². The highest BCUT2D eigenvalue weighted by Gasteiger charge is 2.53. The van der Waals surface area contributed by atoms with E-state index in [-0.39, 0.29) is 24.3 Å². The molecule has 1 aromatic carbocycles. The molecule has 8 heteroatoms. The molecule has 3 amide bonds. The number of nitrogens with zero attached hydrogens (tertiary/aromatic N) is 2. The lowest BCUT2D eigenvalue weighted by molar-refractivity contribution is -0.124. The molecule has 0 aliphatic carbocycles. The maximum atomic E-state index is 13.1. The Morgan fingerprint density at radius 3 is 2.78 bits per heavy atom. The molecule has 140 valence electrons. The van der Waals surface area contributed by atoms with Gasteiger partial charge in [0.15, 0.2) is 0 Å². The summed E-state index contributed by atoms with van der Waals surface area (Å²) in [6.07, 6.45) is 0.851. The second kappa shape index (κ2) is 6.65. The Balaban J connectivity index is 1.57. The van der Waals surface area contributed by atoms with Gasteiger partial charge in [0.05, 0.1) is 22.1 Å². The topological polar surface area (TPSA) is 69.7 Å². The molecule has 1 atom stereocenters. The van der Waals surface area contributed by atoms with Crippen LogP contribution in [0.4, 0.5) is 5.69 Å². The predicted molar refractivity (Wildman–Crippen MR) is 104 cm³/mol. The van der Waals surface area contributed by atoms with Crippen LogP contribution in [0, 0.1) is 0 Å². The number of hydrogen-bond acceptors (Lipinski definition) is 4. The zero-order chi connectivity index (χ0) is 19.2. The number of halogens is 1. The number of carbonyl (C=O) groups is 3. The summed E-state index contributed by atoms with van der Waals surface area (Å²) in [5.74, 6) is -0.530. The molecule has 0 radical (unpaired) electrons. The van der Waals surface area contributed by atoms with Crippen molar-refractivity contribution in [3.8, 4) is 0 Å². The van der Waals surface area contributed by atoms with Gasteiger partial charge in [0.1, 0.15) is 12.2 Å². The van der Waals surface area contributed by atoms with E-state index in [9.17, 15) is 14.4 Å². The average molecular weight is 404 g/mol. The van der Waals surface area contributed by atoms with Crippen LogP contribution in [0.5, 0.6) is 0 Å². The molecule has 6 nitrogen and oxygen atoms in total. The highest BCUT2D eigenvalue weighted by Crippen LogP contribution is 2.43. The molecule has 27 heavy (non-hydrogen) atoms. The Bertz CT molecular complexity index is 944. The second-order valence-electron chi connectivity index (χ2n) is 6.84. The fourth-order valence-electron chi connectivity index (χ4n) is 3.77. The Morgan fingerprint density at radius 2 is 2.04 bits per heavy atom. The van der Waals surface area contributed by atoms with Crippen molar-refractivity contribution in [1.82, 2.24) is 10.2 Å². The number of carbonyl (C=O) groups excluding carboxylic acids is 3. The van der Waals surface area contributed by atoms with Gasteiger partial charge in [0, 0.05) is 11.3 Å².